The first-order valence-corrected chi connectivity index (χ1v) is 5.66. The van der Waals surface area contributed by atoms with Gasteiger partial charge in [-0.05, 0) is 29.8 Å². The second-order valence-electron chi connectivity index (χ2n) is 3.92. The molecule has 0 unspecified atom stereocenters. The van der Waals surface area contributed by atoms with Gasteiger partial charge in [-0.3, -0.25) is 4.79 Å². The topological polar surface area (TPSA) is 68.9 Å². The predicted molar refractivity (Wildman–Crippen MR) is 68.1 cm³/mol. The summed E-state index contributed by atoms with van der Waals surface area (Å²) in [5.41, 5.74) is 1.15. The third-order valence-electron chi connectivity index (χ3n) is 2.72. The third kappa shape index (κ3) is 2.70. The fourth-order valence-corrected chi connectivity index (χ4v) is 1.78. The van der Waals surface area contributed by atoms with Crippen molar-refractivity contribution in [2.24, 2.45) is 0 Å². The number of rotatable bonds is 4. The molecule has 5 heteroatoms. The van der Waals surface area contributed by atoms with Crippen LogP contribution in [-0.2, 0) is 16.0 Å². The van der Waals surface area contributed by atoms with Crippen molar-refractivity contribution in [3.05, 3.63) is 36.1 Å². The summed E-state index contributed by atoms with van der Waals surface area (Å²) in [5, 5.41) is 10.1. The smallest absolute Gasteiger partial charge is 0.309 e. The van der Waals surface area contributed by atoms with Crippen molar-refractivity contribution in [1.29, 1.82) is 0 Å². The highest BCUT2D eigenvalue weighted by Gasteiger charge is 2.15. The lowest BCUT2D eigenvalue weighted by Gasteiger charge is -2.10. The van der Waals surface area contributed by atoms with Crippen LogP contribution in [0.2, 0.25) is 0 Å². The second-order valence-corrected chi connectivity index (χ2v) is 3.92. The SMILES string of the molecule is COC(=O)Cc1cc(OC)c(O)c(-c2ccco2)c1. The van der Waals surface area contributed by atoms with Crippen molar-refractivity contribution in [3.8, 4) is 22.8 Å². The number of carbonyl (C=O) groups is 1. The van der Waals surface area contributed by atoms with E-state index in [2.05, 4.69) is 4.74 Å². The number of methoxy groups -OCH3 is 2. The maximum atomic E-state index is 11.3. The zero-order valence-electron chi connectivity index (χ0n) is 10.7. The van der Waals surface area contributed by atoms with E-state index in [4.69, 9.17) is 9.15 Å². The molecule has 100 valence electrons. The molecule has 1 heterocycles. The zero-order valence-corrected chi connectivity index (χ0v) is 10.7. The van der Waals surface area contributed by atoms with Gasteiger partial charge < -0.3 is 19.0 Å². The fraction of sp³-hybridized carbons (Fsp3) is 0.214. The first kappa shape index (κ1) is 13.0. The number of carbonyl (C=O) groups excluding carboxylic acids is 1. The van der Waals surface area contributed by atoms with Crippen LogP contribution in [-0.4, -0.2) is 25.3 Å². The molecule has 0 aliphatic rings. The van der Waals surface area contributed by atoms with Gasteiger partial charge in [0.25, 0.3) is 0 Å². The average molecular weight is 262 g/mol. The fourth-order valence-electron chi connectivity index (χ4n) is 1.78. The number of phenols is 1. The quantitative estimate of drug-likeness (QED) is 0.857. The van der Waals surface area contributed by atoms with Crippen LogP contribution in [0, 0.1) is 0 Å². The molecule has 0 amide bonds. The van der Waals surface area contributed by atoms with Gasteiger partial charge in [-0.2, -0.15) is 0 Å². The van der Waals surface area contributed by atoms with Gasteiger partial charge in [0.2, 0.25) is 0 Å². The maximum absolute atomic E-state index is 11.3. The van der Waals surface area contributed by atoms with Gasteiger partial charge in [0.15, 0.2) is 11.5 Å². The minimum atomic E-state index is -0.363. The first-order chi connectivity index (χ1) is 9.15. The van der Waals surface area contributed by atoms with E-state index in [9.17, 15) is 9.90 Å². The lowest BCUT2D eigenvalue weighted by atomic mass is 10.0. The summed E-state index contributed by atoms with van der Waals surface area (Å²) < 4.78 is 15.0. The van der Waals surface area contributed by atoms with Crippen LogP contribution < -0.4 is 4.74 Å². The molecule has 0 fully saturated rings. The predicted octanol–water partition coefficient (Wildman–Crippen LogP) is 2.38. The number of phenolic OH excluding ortho intramolecular Hbond substituents is 1. The lowest BCUT2D eigenvalue weighted by molar-refractivity contribution is -0.139. The van der Waals surface area contributed by atoms with Crippen LogP contribution in [0.4, 0.5) is 0 Å². The molecule has 5 nitrogen and oxygen atoms in total. The number of hydrogen-bond acceptors (Lipinski definition) is 5. The Balaban J connectivity index is 2.47. The Morgan fingerprint density at radius 1 is 1.37 bits per heavy atom. The summed E-state index contributed by atoms with van der Waals surface area (Å²) in [4.78, 5) is 11.3. The molecule has 1 N–H and O–H groups in total. The monoisotopic (exact) mass is 262 g/mol. The highest BCUT2D eigenvalue weighted by molar-refractivity contribution is 5.76. The molecule has 0 bridgehead atoms. The van der Waals surface area contributed by atoms with Crippen molar-refractivity contribution in [3.63, 3.8) is 0 Å². The van der Waals surface area contributed by atoms with Gasteiger partial charge in [0.05, 0.1) is 32.5 Å². The van der Waals surface area contributed by atoms with Crippen LogP contribution >= 0.6 is 0 Å². The number of esters is 1. The van der Waals surface area contributed by atoms with E-state index in [0.717, 1.165) is 0 Å². The minimum absolute atomic E-state index is 0.0222. The van der Waals surface area contributed by atoms with E-state index in [1.165, 1.54) is 20.5 Å². The maximum Gasteiger partial charge on any atom is 0.309 e. The van der Waals surface area contributed by atoms with Crippen LogP contribution in [0.1, 0.15) is 5.56 Å². The Labute approximate surface area is 110 Å². The standard InChI is InChI=1S/C14H14O5/c1-17-12-7-9(8-13(15)18-2)6-10(14(12)16)11-4-3-5-19-11/h3-7,16H,8H2,1-2H3. The Morgan fingerprint density at radius 2 is 2.16 bits per heavy atom. The number of benzene rings is 1. The van der Waals surface area contributed by atoms with E-state index in [1.807, 2.05) is 0 Å². The molecular weight excluding hydrogens is 248 g/mol. The third-order valence-corrected chi connectivity index (χ3v) is 2.72. The van der Waals surface area contributed by atoms with Crippen molar-refractivity contribution in [1.82, 2.24) is 0 Å². The molecule has 0 radical (unpaired) electrons. The first-order valence-electron chi connectivity index (χ1n) is 5.66. The van der Waals surface area contributed by atoms with Crippen molar-refractivity contribution in [2.75, 3.05) is 14.2 Å². The van der Waals surface area contributed by atoms with Crippen molar-refractivity contribution < 1.29 is 23.8 Å². The summed E-state index contributed by atoms with van der Waals surface area (Å²) >= 11 is 0. The summed E-state index contributed by atoms with van der Waals surface area (Å²) in [6.45, 7) is 0. The van der Waals surface area contributed by atoms with E-state index >= 15 is 0 Å². The van der Waals surface area contributed by atoms with E-state index in [0.29, 0.717) is 16.9 Å². The molecule has 0 saturated carbocycles. The van der Waals surface area contributed by atoms with E-state index < -0.39 is 0 Å². The van der Waals surface area contributed by atoms with Crippen LogP contribution in [0.3, 0.4) is 0 Å². The summed E-state index contributed by atoms with van der Waals surface area (Å²) in [6.07, 6.45) is 1.61. The Bertz CT molecular complexity index is 572. The van der Waals surface area contributed by atoms with Gasteiger partial charge in [-0.15, -0.1) is 0 Å². The average Bonchev–Trinajstić information content (AvgIpc) is 2.94. The Kier molecular flexibility index (Phi) is 3.75. The lowest BCUT2D eigenvalue weighted by Crippen LogP contribution is -2.04. The number of aromatic hydroxyl groups is 1. The molecule has 19 heavy (non-hydrogen) atoms. The van der Waals surface area contributed by atoms with E-state index in [-0.39, 0.29) is 23.9 Å². The highest BCUT2D eigenvalue weighted by atomic mass is 16.5. The minimum Gasteiger partial charge on any atom is -0.504 e. The van der Waals surface area contributed by atoms with Gasteiger partial charge in [0, 0.05) is 0 Å². The molecular formula is C14H14O5. The highest BCUT2D eigenvalue weighted by Crippen LogP contribution is 2.38. The van der Waals surface area contributed by atoms with Gasteiger partial charge in [0.1, 0.15) is 5.76 Å². The Hall–Kier alpha value is -2.43. The second kappa shape index (κ2) is 5.48. The molecule has 2 aromatic rings. The number of furan rings is 1. The van der Waals surface area contributed by atoms with Gasteiger partial charge >= 0.3 is 5.97 Å². The molecule has 2 rings (SSSR count). The van der Waals surface area contributed by atoms with Crippen molar-refractivity contribution in [2.45, 2.75) is 6.42 Å². The summed E-state index contributed by atoms with van der Waals surface area (Å²) in [6, 6.07) is 6.71. The van der Waals surface area contributed by atoms with Gasteiger partial charge in [-0.1, -0.05) is 0 Å². The molecule has 0 aliphatic heterocycles. The molecule has 0 atom stereocenters. The summed E-state index contributed by atoms with van der Waals surface area (Å²) in [7, 11) is 2.77. The van der Waals surface area contributed by atoms with Gasteiger partial charge in [-0.25, -0.2) is 0 Å². The Morgan fingerprint density at radius 3 is 2.74 bits per heavy atom. The number of ether oxygens (including phenoxy) is 2. The molecule has 1 aromatic heterocycles. The zero-order chi connectivity index (χ0) is 13.8. The summed E-state index contributed by atoms with van der Waals surface area (Å²) in [5.74, 6) is 0.402. The van der Waals surface area contributed by atoms with Crippen LogP contribution in [0.15, 0.2) is 34.9 Å². The van der Waals surface area contributed by atoms with E-state index in [1.54, 1.807) is 24.3 Å². The molecule has 0 saturated heterocycles. The normalized spacial score (nSPS) is 10.2. The van der Waals surface area contributed by atoms with Crippen LogP contribution in [0.5, 0.6) is 11.5 Å². The molecule has 1 aromatic carbocycles. The van der Waals surface area contributed by atoms with Crippen molar-refractivity contribution >= 4 is 5.97 Å². The number of hydrogen-bond donors (Lipinski definition) is 1. The largest absolute Gasteiger partial charge is 0.504 e. The van der Waals surface area contributed by atoms with Crippen LogP contribution in [0.25, 0.3) is 11.3 Å². The molecule has 0 spiro atoms. The molecule has 0 aliphatic carbocycles.